The van der Waals surface area contributed by atoms with Crippen molar-refractivity contribution in [1.29, 1.82) is 0 Å². The Bertz CT molecular complexity index is 810. The standard InChI is InChI=1S/C15H19NO4S/c1-9-13(20-14(17)15(2,3)4)11-7-6-10(21(5,18)19)8-12(11)16-9/h6-8,16H,1-5H3. The van der Waals surface area contributed by atoms with Crippen molar-refractivity contribution in [1.82, 2.24) is 4.98 Å². The van der Waals surface area contributed by atoms with Crippen LogP contribution in [-0.2, 0) is 14.6 Å². The molecule has 1 aromatic carbocycles. The summed E-state index contributed by atoms with van der Waals surface area (Å²) in [5, 5.41) is 0.692. The molecule has 6 heteroatoms. The smallest absolute Gasteiger partial charge is 0.316 e. The molecule has 0 fully saturated rings. The Kier molecular flexibility index (Phi) is 3.61. The van der Waals surface area contributed by atoms with Gasteiger partial charge in [0, 0.05) is 11.6 Å². The van der Waals surface area contributed by atoms with Crippen molar-refractivity contribution >= 4 is 26.7 Å². The molecule has 0 saturated heterocycles. The molecule has 0 unspecified atom stereocenters. The van der Waals surface area contributed by atoms with Crippen molar-refractivity contribution in [2.45, 2.75) is 32.6 Å². The SMILES string of the molecule is Cc1[nH]c2cc(S(C)(=O)=O)ccc2c1OC(=O)C(C)(C)C. The number of carbonyl (C=O) groups is 1. The van der Waals surface area contributed by atoms with E-state index in [9.17, 15) is 13.2 Å². The minimum absolute atomic E-state index is 0.227. The summed E-state index contributed by atoms with van der Waals surface area (Å²) < 4.78 is 28.6. The molecule has 1 heterocycles. The zero-order valence-electron chi connectivity index (χ0n) is 12.8. The number of rotatable bonds is 2. The van der Waals surface area contributed by atoms with Crippen LogP contribution in [0.3, 0.4) is 0 Å². The number of sulfone groups is 1. The van der Waals surface area contributed by atoms with Crippen LogP contribution >= 0.6 is 0 Å². The fraction of sp³-hybridized carbons (Fsp3) is 0.400. The number of hydrogen-bond acceptors (Lipinski definition) is 4. The highest BCUT2D eigenvalue weighted by Crippen LogP contribution is 2.32. The summed E-state index contributed by atoms with van der Waals surface area (Å²) in [4.78, 5) is 15.3. The highest BCUT2D eigenvalue weighted by atomic mass is 32.2. The Morgan fingerprint density at radius 3 is 2.38 bits per heavy atom. The van der Waals surface area contributed by atoms with Gasteiger partial charge in [0.2, 0.25) is 0 Å². The topological polar surface area (TPSA) is 76.2 Å². The van der Waals surface area contributed by atoms with Gasteiger partial charge in [-0.3, -0.25) is 4.79 Å². The molecule has 0 amide bonds. The summed E-state index contributed by atoms with van der Waals surface area (Å²) in [6.07, 6.45) is 1.16. The fourth-order valence-corrected chi connectivity index (χ4v) is 2.54. The van der Waals surface area contributed by atoms with E-state index in [2.05, 4.69) is 4.98 Å². The normalized spacial score (nSPS) is 12.6. The van der Waals surface area contributed by atoms with E-state index in [1.165, 1.54) is 6.07 Å². The van der Waals surface area contributed by atoms with Gasteiger partial charge in [-0.2, -0.15) is 0 Å². The number of esters is 1. The molecule has 0 bridgehead atoms. The quantitative estimate of drug-likeness (QED) is 0.865. The van der Waals surface area contributed by atoms with Crippen molar-refractivity contribution in [3.8, 4) is 5.75 Å². The van der Waals surface area contributed by atoms with Gasteiger partial charge in [0.15, 0.2) is 15.6 Å². The highest BCUT2D eigenvalue weighted by molar-refractivity contribution is 7.90. The van der Waals surface area contributed by atoms with E-state index in [1.807, 2.05) is 0 Å². The molecule has 0 saturated carbocycles. The lowest BCUT2D eigenvalue weighted by atomic mass is 9.97. The zero-order valence-corrected chi connectivity index (χ0v) is 13.6. The number of aromatic amines is 1. The Labute approximate surface area is 124 Å². The van der Waals surface area contributed by atoms with Crippen LogP contribution in [0.25, 0.3) is 10.9 Å². The lowest BCUT2D eigenvalue weighted by molar-refractivity contribution is -0.142. The molecule has 0 aliphatic carbocycles. The predicted molar refractivity (Wildman–Crippen MR) is 81.2 cm³/mol. The maximum atomic E-state index is 12.0. The molecular formula is C15H19NO4S. The van der Waals surface area contributed by atoms with E-state index < -0.39 is 15.3 Å². The molecule has 21 heavy (non-hydrogen) atoms. The first-order valence-corrected chi connectivity index (χ1v) is 8.44. The number of carbonyl (C=O) groups excluding carboxylic acids is 1. The van der Waals surface area contributed by atoms with Crippen molar-refractivity contribution < 1.29 is 17.9 Å². The van der Waals surface area contributed by atoms with E-state index in [4.69, 9.17) is 4.74 Å². The molecule has 0 aliphatic rings. The average molecular weight is 309 g/mol. The van der Waals surface area contributed by atoms with E-state index in [0.717, 1.165) is 6.26 Å². The summed E-state index contributed by atoms with van der Waals surface area (Å²) in [5.41, 5.74) is 0.711. The maximum absolute atomic E-state index is 12.0. The highest BCUT2D eigenvalue weighted by Gasteiger charge is 2.26. The van der Waals surface area contributed by atoms with E-state index in [1.54, 1.807) is 39.8 Å². The van der Waals surface area contributed by atoms with Gasteiger partial charge >= 0.3 is 5.97 Å². The second-order valence-corrected chi connectivity index (χ2v) is 8.21. The third-order valence-corrected chi connectivity index (χ3v) is 4.24. The van der Waals surface area contributed by atoms with Gasteiger partial charge in [-0.05, 0) is 45.9 Å². The van der Waals surface area contributed by atoms with Crippen molar-refractivity contribution in [3.63, 3.8) is 0 Å². The lowest BCUT2D eigenvalue weighted by Gasteiger charge is -2.16. The monoisotopic (exact) mass is 309 g/mol. The van der Waals surface area contributed by atoms with E-state index in [0.29, 0.717) is 22.3 Å². The van der Waals surface area contributed by atoms with E-state index in [-0.39, 0.29) is 10.9 Å². The minimum atomic E-state index is -3.27. The molecular weight excluding hydrogens is 290 g/mol. The number of H-pyrrole nitrogens is 1. The van der Waals surface area contributed by atoms with Crippen LogP contribution < -0.4 is 4.74 Å². The van der Waals surface area contributed by atoms with Crippen molar-refractivity contribution in [2.24, 2.45) is 5.41 Å². The molecule has 0 atom stereocenters. The van der Waals surface area contributed by atoms with Gasteiger partial charge in [-0.25, -0.2) is 8.42 Å². The maximum Gasteiger partial charge on any atom is 0.316 e. The second-order valence-electron chi connectivity index (χ2n) is 6.20. The molecule has 1 aromatic heterocycles. The first-order valence-electron chi connectivity index (χ1n) is 6.55. The van der Waals surface area contributed by atoms with Crippen LogP contribution in [0.2, 0.25) is 0 Å². The summed E-state index contributed by atoms with van der Waals surface area (Å²) in [6, 6.07) is 4.71. The third kappa shape index (κ3) is 3.10. The first-order chi connectivity index (χ1) is 9.50. The minimum Gasteiger partial charge on any atom is -0.424 e. The van der Waals surface area contributed by atoms with Gasteiger partial charge in [0.1, 0.15) is 0 Å². The predicted octanol–water partition coefficient (Wildman–Crippen LogP) is 2.83. The molecule has 114 valence electrons. The summed E-state index contributed by atoms with van der Waals surface area (Å²) >= 11 is 0. The lowest BCUT2D eigenvalue weighted by Crippen LogP contribution is -2.25. The van der Waals surface area contributed by atoms with Gasteiger partial charge in [0.05, 0.1) is 21.5 Å². The molecule has 5 nitrogen and oxygen atoms in total. The van der Waals surface area contributed by atoms with Gasteiger partial charge in [0.25, 0.3) is 0 Å². The molecule has 2 aromatic rings. The van der Waals surface area contributed by atoms with Crippen LogP contribution in [0.1, 0.15) is 26.5 Å². The van der Waals surface area contributed by atoms with Crippen molar-refractivity contribution in [3.05, 3.63) is 23.9 Å². The Morgan fingerprint density at radius 2 is 1.86 bits per heavy atom. The molecule has 0 radical (unpaired) electrons. The van der Waals surface area contributed by atoms with Crippen LogP contribution in [0.5, 0.6) is 5.75 Å². The number of nitrogens with one attached hydrogen (secondary N) is 1. The van der Waals surface area contributed by atoms with Gasteiger partial charge in [-0.15, -0.1) is 0 Å². The fourth-order valence-electron chi connectivity index (χ4n) is 1.89. The van der Waals surface area contributed by atoms with Crippen LogP contribution in [0, 0.1) is 12.3 Å². The Balaban J connectivity index is 2.52. The third-order valence-electron chi connectivity index (χ3n) is 3.13. The number of aromatic nitrogens is 1. The number of hydrogen-bond donors (Lipinski definition) is 1. The molecule has 0 spiro atoms. The van der Waals surface area contributed by atoms with Crippen LogP contribution in [-0.4, -0.2) is 25.6 Å². The van der Waals surface area contributed by atoms with E-state index >= 15 is 0 Å². The largest absolute Gasteiger partial charge is 0.424 e. The first kappa shape index (κ1) is 15.6. The summed E-state index contributed by atoms with van der Waals surface area (Å²) in [7, 11) is -3.27. The zero-order chi connectivity index (χ0) is 16.0. The average Bonchev–Trinajstić information content (AvgIpc) is 2.63. The Hall–Kier alpha value is -1.82. The summed E-state index contributed by atoms with van der Waals surface area (Å²) in [6.45, 7) is 7.12. The number of ether oxygens (including phenoxy) is 1. The molecule has 1 N–H and O–H groups in total. The second kappa shape index (κ2) is 4.87. The number of fused-ring (bicyclic) bond motifs is 1. The summed E-state index contributed by atoms with van der Waals surface area (Å²) in [5.74, 6) is 0.115. The number of aryl methyl sites for hydroxylation is 1. The van der Waals surface area contributed by atoms with Gasteiger partial charge < -0.3 is 9.72 Å². The van der Waals surface area contributed by atoms with Gasteiger partial charge in [-0.1, -0.05) is 0 Å². The van der Waals surface area contributed by atoms with Crippen LogP contribution in [0.15, 0.2) is 23.1 Å². The van der Waals surface area contributed by atoms with Crippen LogP contribution in [0.4, 0.5) is 0 Å². The molecule has 2 rings (SSSR count). The Morgan fingerprint density at radius 1 is 1.24 bits per heavy atom. The molecule has 0 aliphatic heterocycles. The van der Waals surface area contributed by atoms with Crippen molar-refractivity contribution in [2.75, 3.05) is 6.26 Å². The number of benzene rings is 1.